The van der Waals surface area contributed by atoms with Crippen LogP contribution in [0.15, 0.2) is 36.7 Å². The van der Waals surface area contributed by atoms with Gasteiger partial charge in [-0.15, -0.1) is 0 Å². The van der Waals surface area contributed by atoms with Gasteiger partial charge in [-0.05, 0) is 61.9 Å². The van der Waals surface area contributed by atoms with Crippen LogP contribution in [-0.4, -0.2) is 72.2 Å². The lowest BCUT2D eigenvalue weighted by atomic mass is 10.1. The number of hydrogen-bond acceptors (Lipinski definition) is 6. The van der Waals surface area contributed by atoms with Crippen LogP contribution in [0.3, 0.4) is 0 Å². The maximum atomic E-state index is 13.7. The highest BCUT2D eigenvalue weighted by molar-refractivity contribution is 5.55. The van der Waals surface area contributed by atoms with E-state index in [0.29, 0.717) is 30.8 Å². The van der Waals surface area contributed by atoms with Gasteiger partial charge in [-0.2, -0.15) is 65.9 Å². The van der Waals surface area contributed by atoms with Crippen LogP contribution in [0.25, 0.3) is 11.4 Å². The average molecular weight is 799 g/mol. The molecule has 0 unspecified atom stereocenters. The Balaban J connectivity index is 1.70. The highest BCUT2D eigenvalue weighted by Gasteiger charge is 2.85. The molecule has 0 aliphatic rings. The quantitative estimate of drug-likeness (QED) is 0.0736. The van der Waals surface area contributed by atoms with E-state index in [1.165, 1.54) is 25.7 Å². The van der Waals surface area contributed by atoms with E-state index in [1.54, 1.807) is 41.4 Å². The van der Waals surface area contributed by atoms with Crippen LogP contribution in [0.5, 0.6) is 5.75 Å². The Bertz CT molecular complexity index is 1360. The van der Waals surface area contributed by atoms with E-state index in [0.717, 1.165) is 30.4 Å². The van der Waals surface area contributed by atoms with Crippen molar-refractivity contribution in [1.82, 2.24) is 9.97 Å². The Kier molecular flexibility index (Phi) is 16.5. The van der Waals surface area contributed by atoms with Gasteiger partial charge in [0.05, 0.1) is 6.61 Å². The van der Waals surface area contributed by atoms with Crippen LogP contribution in [0.4, 0.5) is 65.9 Å². The molecule has 1 aromatic heterocycles. The third kappa shape index (κ3) is 13.3. The molecule has 0 bridgehead atoms. The highest BCUT2D eigenvalue weighted by atomic mass is 19.4. The minimum absolute atomic E-state index is 0.00686. The summed E-state index contributed by atoms with van der Waals surface area (Å²) in [7, 11) is 0. The molecule has 1 heterocycles. The molecule has 1 aromatic carbocycles. The van der Waals surface area contributed by atoms with Gasteiger partial charge in [-0.1, -0.05) is 45.4 Å². The minimum Gasteiger partial charge on any atom is -0.494 e. The average Bonchev–Trinajstić information content (AvgIpc) is 3.04. The van der Waals surface area contributed by atoms with Crippen molar-refractivity contribution in [2.45, 2.75) is 120 Å². The first-order valence-electron chi connectivity index (χ1n) is 16.2. The largest absolute Gasteiger partial charge is 0.494 e. The highest BCUT2D eigenvalue weighted by Crippen LogP contribution is 2.56. The third-order valence-electron chi connectivity index (χ3n) is 7.35. The van der Waals surface area contributed by atoms with Crippen LogP contribution in [0, 0.1) is 0 Å². The van der Waals surface area contributed by atoms with Crippen LogP contribution in [-0.2, 0) is 20.6 Å². The molecule has 0 saturated heterocycles. The lowest BCUT2D eigenvalue weighted by Gasteiger charge is -2.36. The SMILES string of the molecule is CCCCCCCCc1cnc(-c2ccc(OCCCCCCOCC(F)(F)OC(F)(F)C(F)(F)OC(F)(F)C(F)(F)C(F)(F)C(F)(F)F)cc2)nc1. The molecule has 53 heavy (non-hydrogen) atoms. The Morgan fingerprint density at radius 1 is 0.547 bits per heavy atom. The number of aryl methyl sites for hydroxylation is 1. The topological polar surface area (TPSA) is 62.7 Å². The standard InChI is InChI=1S/C32H37F15N2O4/c1-2-3-4-5-6-9-12-22-19-48-25(49-20-22)23-13-15-24(16-14-23)51-18-11-8-7-10-17-50-21-26(33,34)52-31(44,45)32(46,47)53-30(42,43)28(37,38)27(35,36)29(39,40)41/h13-16,19-20H,2-12,17-18,21H2,1H3. The number of ether oxygens (including phenoxy) is 4. The van der Waals surface area contributed by atoms with Gasteiger partial charge < -0.3 is 9.47 Å². The van der Waals surface area contributed by atoms with Gasteiger partial charge in [-0.25, -0.2) is 19.4 Å². The van der Waals surface area contributed by atoms with E-state index in [4.69, 9.17) is 4.74 Å². The second kappa shape index (κ2) is 19.0. The van der Waals surface area contributed by atoms with Gasteiger partial charge >= 0.3 is 42.5 Å². The summed E-state index contributed by atoms with van der Waals surface area (Å²) in [6.45, 7) is -0.413. The molecule has 2 rings (SSSR count). The molecule has 0 aliphatic carbocycles. The number of alkyl halides is 15. The molecular formula is C32H37F15N2O4. The predicted molar refractivity (Wildman–Crippen MR) is 157 cm³/mol. The second-order valence-electron chi connectivity index (χ2n) is 11.8. The molecule has 0 fully saturated rings. The predicted octanol–water partition coefficient (Wildman–Crippen LogP) is 11.2. The Morgan fingerprint density at radius 2 is 1.06 bits per heavy atom. The van der Waals surface area contributed by atoms with Gasteiger partial charge in [0, 0.05) is 24.6 Å². The first-order chi connectivity index (χ1) is 24.4. The molecule has 21 heteroatoms. The number of aromatic nitrogens is 2. The lowest BCUT2D eigenvalue weighted by molar-refractivity contribution is -0.543. The van der Waals surface area contributed by atoms with Crippen molar-refractivity contribution in [2.24, 2.45) is 0 Å². The summed E-state index contributed by atoms with van der Waals surface area (Å²) in [5.74, 6) is -14.6. The summed E-state index contributed by atoms with van der Waals surface area (Å²) in [6, 6.07) is 6.95. The van der Waals surface area contributed by atoms with E-state index in [-0.39, 0.29) is 13.0 Å². The van der Waals surface area contributed by atoms with E-state index in [9.17, 15) is 65.9 Å². The van der Waals surface area contributed by atoms with Crippen LogP contribution < -0.4 is 4.74 Å². The molecule has 0 aliphatic heterocycles. The van der Waals surface area contributed by atoms with Crippen molar-refractivity contribution >= 4 is 0 Å². The van der Waals surface area contributed by atoms with Crippen LogP contribution >= 0.6 is 0 Å². The van der Waals surface area contributed by atoms with Gasteiger partial charge in [0.15, 0.2) is 5.82 Å². The zero-order valence-electron chi connectivity index (χ0n) is 28.1. The molecule has 0 spiro atoms. The summed E-state index contributed by atoms with van der Waals surface area (Å²) in [6.07, 6.45) is -22.1. The van der Waals surface area contributed by atoms with Gasteiger partial charge in [-0.3, -0.25) is 0 Å². The van der Waals surface area contributed by atoms with Crippen molar-refractivity contribution in [3.63, 3.8) is 0 Å². The van der Waals surface area contributed by atoms with Gasteiger partial charge in [0.2, 0.25) is 0 Å². The Labute approximate surface area is 294 Å². The zero-order chi connectivity index (χ0) is 40.2. The molecular weight excluding hydrogens is 761 g/mol. The summed E-state index contributed by atoms with van der Waals surface area (Å²) in [5, 5.41) is 0. The fourth-order valence-electron chi connectivity index (χ4n) is 4.41. The molecule has 0 atom stereocenters. The van der Waals surface area contributed by atoms with Crippen molar-refractivity contribution in [3.8, 4) is 17.1 Å². The number of hydrogen-bond donors (Lipinski definition) is 0. The van der Waals surface area contributed by atoms with Crippen molar-refractivity contribution < 1.29 is 84.8 Å². The van der Waals surface area contributed by atoms with E-state index in [2.05, 4.69) is 26.4 Å². The maximum absolute atomic E-state index is 13.7. The summed E-state index contributed by atoms with van der Waals surface area (Å²) < 4.78 is 210. The first kappa shape index (κ1) is 46.1. The molecule has 304 valence electrons. The molecule has 0 N–H and O–H groups in total. The molecule has 2 aromatic rings. The third-order valence-corrected chi connectivity index (χ3v) is 7.35. The summed E-state index contributed by atoms with van der Waals surface area (Å²) in [5.41, 5.74) is 1.82. The second-order valence-corrected chi connectivity index (χ2v) is 11.8. The summed E-state index contributed by atoms with van der Waals surface area (Å²) in [4.78, 5) is 8.84. The number of rotatable bonds is 25. The van der Waals surface area contributed by atoms with Crippen LogP contribution in [0.2, 0.25) is 0 Å². The molecule has 0 saturated carbocycles. The summed E-state index contributed by atoms with van der Waals surface area (Å²) >= 11 is 0. The molecule has 6 nitrogen and oxygen atoms in total. The van der Waals surface area contributed by atoms with Crippen molar-refractivity contribution in [3.05, 3.63) is 42.2 Å². The number of benzene rings is 1. The number of nitrogens with zero attached hydrogens (tertiary/aromatic N) is 2. The van der Waals surface area contributed by atoms with Crippen molar-refractivity contribution in [1.29, 1.82) is 0 Å². The first-order valence-corrected chi connectivity index (χ1v) is 16.2. The normalized spacial score (nSPS) is 13.8. The zero-order valence-corrected chi connectivity index (χ0v) is 28.1. The van der Waals surface area contributed by atoms with Crippen molar-refractivity contribution in [2.75, 3.05) is 19.8 Å². The number of halogens is 15. The van der Waals surface area contributed by atoms with Gasteiger partial charge in [0.25, 0.3) is 0 Å². The minimum atomic E-state index is -7.91. The fraction of sp³-hybridized carbons (Fsp3) is 0.688. The Morgan fingerprint density at radius 3 is 1.62 bits per heavy atom. The van der Waals surface area contributed by atoms with Gasteiger partial charge in [0.1, 0.15) is 12.4 Å². The maximum Gasteiger partial charge on any atom is 0.460 e. The Hall–Kier alpha value is -3.07. The van der Waals surface area contributed by atoms with E-state index >= 15 is 0 Å². The molecule has 0 radical (unpaired) electrons. The van der Waals surface area contributed by atoms with E-state index in [1.807, 2.05) is 0 Å². The monoisotopic (exact) mass is 798 g/mol. The smallest absolute Gasteiger partial charge is 0.460 e. The fourth-order valence-corrected chi connectivity index (χ4v) is 4.41. The number of unbranched alkanes of at least 4 members (excludes halogenated alkanes) is 8. The lowest BCUT2D eigenvalue weighted by Crippen LogP contribution is -2.64. The van der Waals surface area contributed by atoms with Crippen LogP contribution in [0.1, 0.15) is 76.7 Å². The van der Waals surface area contributed by atoms with E-state index < -0.39 is 55.7 Å². The molecule has 0 amide bonds.